The van der Waals surface area contributed by atoms with Gasteiger partial charge in [0.05, 0.1) is 19.3 Å². The van der Waals surface area contributed by atoms with Crippen molar-refractivity contribution in [2.24, 2.45) is 0 Å². The Balaban J connectivity index is 1.79. The van der Waals surface area contributed by atoms with E-state index < -0.39 is 6.10 Å². The summed E-state index contributed by atoms with van der Waals surface area (Å²) in [5.41, 5.74) is 1.24. The van der Waals surface area contributed by atoms with E-state index >= 15 is 0 Å². The molecular formula is C18H30O3. The second-order valence-electron chi connectivity index (χ2n) is 5.64. The molecule has 0 bridgehead atoms. The van der Waals surface area contributed by atoms with Crippen molar-refractivity contribution >= 4 is 0 Å². The molecule has 1 rings (SSSR count). The van der Waals surface area contributed by atoms with Crippen LogP contribution < -0.4 is 0 Å². The van der Waals surface area contributed by atoms with Crippen LogP contribution in [0.4, 0.5) is 0 Å². The fourth-order valence-corrected chi connectivity index (χ4v) is 2.32. The summed E-state index contributed by atoms with van der Waals surface area (Å²) in [5, 5.41) is 17.9. The zero-order valence-electron chi connectivity index (χ0n) is 13.0. The highest BCUT2D eigenvalue weighted by Crippen LogP contribution is 2.10. The topological polar surface area (TPSA) is 49.7 Å². The Bertz CT molecular complexity index is 326. The van der Waals surface area contributed by atoms with Gasteiger partial charge in [0.25, 0.3) is 0 Å². The molecule has 0 saturated heterocycles. The van der Waals surface area contributed by atoms with Crippen molar-refractivity contribution in [3.8, 4) is 0 Å². The summed E-state index contributed by atoms with van der Waals surface area (Å²) in [5.74, 6) is 0. The maximum atomic E-state index is 9.20. The first-order chi connectivity index (χ1) is 10.3. The lowest BCUT2D eigenvalue weighted by Gasteiger charge is -2.06. The van der Waals surface area contributed by atoms with Gasteiger partial charge in [-0.1, -0.05) is 68.9 Å². The Morgan fingerprint density at radius 1 is 0.857 bits per heavy atom. The van der Waals surface area contributed by atoms with Crippen molar-refractivity contribution < 1.29 is 14.9 Å². The molecule has 1 aromatic carbocycles. The number of unbranched alkanes of at least 4 members (excludes halogenated alkanes) is 6. The molecular weight excluding hydrogens is 264 g/mol. The standard InChI is InChI=1S/C18H30O3/c19-15-18(20)13-9-4-2-1-3-5-10-14-21-16-17-11-7-6-8-12-17/h6-8,11-12,18-20H,1-5,9-10,13-16H2. The largest absolute Gasteiger partial charge is 0.394 e. The highest BCUT2D eigenvalue weighted by molar-refractivity contribution is 5.13. The van der Waals surface area contributed by atoms with Gasteiger partial charge in [-0.2, -0.15) is 0 Å². The third-order valence-electron chi connectivity index (χ3n) is 3.65. The van der Waals surface area contributed by atoms with Gasteiger partial charge in [-0.15, -0.1) is 0 Å². The zero-order chi connectivity index (χ0) is 15.2. The lowest BCUT2D eigenvalue weighted by molar-refractivity contribution is 0.0860. The lowest BCUT2D eigenvalue weighted by atomic mass is 10.1. The Morgan fingerprint density at radius 3 is 2.14 bits per heavy atom. The predicted octanol–water partition coefficient (Wildman–Crippen LogP) is 3.68. The molecule has 1 atom stereocenters. The van der Waals surface area contributed by atoms with Crippen LogP contribution in [0, 0.1) is 0 Å². The van der Waals surface area contributed by atoms with Crippen LogP contribution in [-0.2, 0) is 11.3 Å². The van der Waals surface area contributed by atoms with E-state index in [9.17, 15) is 5.11 Å². The highest BCUT2D eigenvalue weighted by Gasteiger charge is 2.00. The number of hydrogen-bond acceptors (Lipinski definition) is 3. The molecule has 0 spiro atoms. The molecule has 21 heavy (non-hydrogen) atoms. The number of ether oxygens (including phenoxy) is 1. The molecule has 0 aliphatic heterocycles. The van der Waals surface area contributed by atoms with Gasteiger partial charge in [0.15, 0.2) is 0 Å². The predicted molar refractivity (Wildman–Crippen MR) is 86.1 cm³/mol. The van der Waals surface area contributed by atoms with E-state index in [4.69, 9.17) is 9.84 Å². The minimum atomic E-state index is -0.522. The molecule has 0 saturated carbocycles. The minimum absolute atomic E-state index is 0.108. The van der Waals surface area contributed by atoms with Gasteiger partial charge in [-0.25, -0.2) is 0 Å². The molecule has 0 aliphatic rings. The minimum Gasteiger partial charge on any atom is -0.394 e. The van der Waals surface area contributed by atoms with E-state index in [1.54, 1.807) is 0 Å². The molecule has 0 aromatic heterocycles. The summed E-state index contributed by atoms with van der Waals surface area (Å²) in [6, 6.07) is 10.3. The molecule has 120 valence electrons. The molecule has 1 aromatic rings. The normalized spacial score (nSPS) is 12.5. The fourth-order valence-electron chi connectivity index (χ4n) is 2.32. The first kappa shape index (κ1) is 18.1. The average Bonchev–Trinajstić information content (AvgIpc) is 2.53. The molecule has 3 heteroatoms. The van der Waals surface area contributed by atoms with Crippen molar-refractivity contribution in [2.45, 2.75) is 64.1 Å². The number of hydrogen-bond donors (Lipinski definition) is 2. The van der Waals surface area contributed by atoms with Crippen molar-refractivity contribution in [1.82, 2.24) is 0 Å². The van der Waals surface area contributed by atoms with Crippen molar-refractivity contribution in [1.29, 1.82) is 0 Å². The smallest absolute Gasteiger partial charge is 0.0770 e. The summed E-state index contributed by atoms with van der Waals surface area (Å²) >= 11 is 0. The Labute approximate surface area is 129 Å². The molecule has 0 radical (unpaired) electrons. The van der Waals surface area contributed by atoms with Crippen LogP contribution in [0.15, 0.2) is 30.3 Å². The third kappa shape index (κ3) is 10.5. The second-order valence-corrected chi connectivity index (χ2v) is 5.64. The summed E-state index contributed by atoms with van der Waals surface area (Å²) in [4.78, 5) is 0. The van der Waals surface area contributed by atoms with E-state index in [0.717, 1.165) is 32.3 Å². The van der Waals surface area contributed by atoms with Gasteiger partial charge < -0.3 is 14.9 Å². The highest BCUT2D eigenvalue weighted by atomic mass is 16.5. The van der Waals surface area contributed by atoms with Crippen LogP contribution in [0.25, 0.3) is 0 Å². The van der Waals surface area contributed by atoms with Crippen LogP contribution in [0.3, 0.4) is 0 Å². The molecule has 1 unspecified atom stereocenters. The molecule has 3 nitrogen and oxygen atoms in total. The Kier molecular flexibility index (Phi) is 11.1. The van der Waals surface area contributed by atoms with Gasteiger partial charge in [0.2, 0.25) is 0 Å². The number of rotatable bonds is 13. The van der Waals surface area contributed by atoms with Gasteiger partial charge in [0.1, 0.15) is 0 Å². The first-order valence-corrected chi connectivity index (χ1v) is 8.23. The fraction of sp³-hybridized carbons (Fsp3) is 0.667. The first-order valence-electron chi connectivity index (χ1n) is 8.23. The quantitative estimate of drug-likeness (QED) is 0.546. The van der Waals surface area contributed by atoms with Crippen LogP contribution in [0.2, 0.25) is 0 Å². The number of benzene rings is 1. The third-order valence-corrected chi connectivity index (χ3v) is 3.65. The number of aliphatic hydroxyl groups is 2. The van der Waals surface area contributed by atoms with Crippen LogP contribution in [0.5, 0.6) is 0 Å². The van der Waals surface area contributed by atoms with Gasteiger partial charge in [0, 0.05) is 6.61 Å². The van der Waals surface area contributed by atoms with E-state index in [-0.39, 0.29) is 6.61 Å². The van der Waals surface area contributed by atoms with E-state index in [1.165, 1.54) is 31.2 Å². The lowest BCUT2D eigenvalue weighted by Crippen LogP contribution is -2.10. The van der Waals surface area contributed by atoms with E-state index in [1.807, 2.05) is 18.2 Å². The van der Waals surface area contributed by atoms with Crippen molar-refractivity contribution in [3.63, 3.8) is 0 Å². The molecule has 0 fully saturated rings. The SMILES string of the molecule is OCC(O)CCCCCCCCCOCc1ccccc1. The second kappa shape index (κ2) is 12.8. The van der Waals surface area contributed by atoms with Gasteiger partial charge in [-0.3, -0.25) is 0 Å². The van der Waals surface area contributed by atoms with Gasteiger partial charge >= 0.3 is 0 Å². The molecule has 0 aliphatic carbocycles. The summed E-state index contributed by atoms with van der Waals surface area (Å²) in [7, 11) is 0. The average molecular weight is 294 g/mol. The molecule has 0 heterocycles. The summed E-state index contributed by atoms with van der Waals surface area (Å²) in [6.45, 7) is 1.45. The van der Waals surface area contributed by atoms with Crippen molar-refractivity contribution in [3.05, 3.63) is 35.9 Å². The summed E-state index contributed by atoms with van der Waals surface area (Å²) in [6.07, 6.45) is 8.48. The number of aliphatic hydroxyl groups excluding tert-OH is 2. The maximum absolute atomic E-state index is 9.20. The monoisotopic (exact) mass is 294 g/mol. The van der Waals surface area contributed by atoms with Crippen LogP contribution in [0.1, 0.15) is 56.9 Å². The van der Waals surface area contributed by atoms with E-state index in [2.05, 4.69) is 12.1 Å². The van der Waals surface area contributed by atoms with Crippen molar-refractivity contribution in [2.75, 3.05) is 13.2 Å². The van der Waals surface area contributed by atoms with Gasteiger partial charge in [-0.05, 0) is 18.4 Å². The van der Waals surface area contributed by atoms with Crippen LogP contribution in [-0.4, -0.2) is 29.5 Å². The maximum Gasteiger partial charge on any atom is 0.0770 e. The molecule has 0 amide bonds. The Morgan fingerprint density at radius 2 is 1.48 bits per heavy atom. The van der Waals surface area contributed by atoms with Crippen LogP contribution >= 0.6 is 0 Å². The zero-order valence-corrected chi connectivity index (χ0v) is 13.0. The van der Waals surface area contributed by atoms with E-state index in [0.29, 0.717) is 6.61 Å². The summed E-state index contributed by atoms with van der Waals surface area (Å²) < 4.78 is 5.65. The molecule has 2 N–H and O–H groups in total. The Hall–Kier alpha value is -0.900.